The summed E-state index contributed by atoms with van der Waals surface area (Å²) in [6, 6.07) is 9.13. The minimum atomic E-state index is -0.971. The van der Waals surface area contributed by atoms with E-state index in [-0.39, 0.29) is 11.3 Å². The Morgan fingerprint density at radius 1 is 1.20 bits per heavy atom. The van der Waals surface area contributed by atoms with Crippen molar-refractivity contribution in [2.75, 3.05) is 5.32 Å². The Morgan fingerprint density at radius 3 is 2.55 bits per heavy atom. The molecule has 0 aromatic heterocycles. The third kappa shape index (κ3) is 3.14. The van der Waals surface area contributed by atoms with Gasteiger partial charge in [0.05, 0.1) is 11.3 Å². The van der Waals surface area contributed by atoms with Crippen LogP contribution in [0.3, 0.4) is 0 Å². The van der Waals surface area contributed by atoms with E-state index in [0.717, 1.165) is 16.1 Å². The lowest BCUT2D eigenvalue weighted by Crippen LogP contribution is -2.14. The molecule has 3 nitrogen and oxygen atoms in total. The van der Waals surface area contributed by atoms with E-state index in [1.54, 1.807) is 0 Å². The lowest BCUT2D eigenvalue weighted by molar-refractivity contribution is 0.0996. The van der Waals surface area contributed by atoms with Gasteiger partial charge in [-0.25, -0.2) is 8.78 Å². The van der Waals surface area contributed by atoms with Gasteiger partial charge < -0.3 is 11.1 Å². The van der Waals surface area contributed by atoms with Crippen LogP contribution in [0.2, 0.25) is 0 Å². The largest absolute Gasteiger partial charge is 0.379 e. The fourth-order valence-corrected chi connectivity index (χ4v) is 2.13. The molecule has 0 saturated heterocycles. The first-order chi connectivity index (χ1) is 9.49. The molecule has 0 heterocycles. The maximum Gasteiger partial charge on any atom is 0.251 e. The average molecular weight is 341 g/mol. The van der Waals surface area contributed by atoms with Crippen LogP contribution in [0.15, 0.2) is 40.9 Å². The minimum Gasteiger partial charge on any atom is -0.379 e. The smallest absolute Gasteiger partial charge is 0.251 e. The highest BCUT2D eigenvalue weighted by Gasteiger charge is 2.13. The Bertz CT molecular complexity index is 662. The Hall–Kier alpha value is -1.95. The number of primary amides is 1. The number of nitrogens with one attached hydrogen (secondary N) is 1. The zero-order valence-corrected chi connectivity index (χ0v) is 11.9. The lowest BCUT2D eigenvalue weighted by Gasteiger charge is -2.10. The second kappa shape index (κ2) is 6.00. The number of halogens is 3. The Balaban J connectivity index is 2.24. The number of benzene rings is 2. The topological polar surface area (TPSA) is 55.1 Å². The summed E-state index contributed by atoms with van der Waals surface area (Å²) in [5, 5.41) is 2.81. The van der Waals surface area contributed by atoms with Gasteiger partial charge in [0, 0.05) is 17.1 Å². The molecule has 0 unspecified atom stereocenters. The average Bonchev–Trinajstić information content (AvgIpc) is 2.39. The van der Waals surface area contributed by atoms with Gasteiger partial charge in [-0.1, -0.05) is 34.1 Å². The molecular formula is C14H11BrF2N2O. The van der Waals surface area contributed by atoms with E-state index in [9.17, 15) is 13.6 Å². The summed E-state index contributed by atoms with van der Waals surface area (Å²) in [5.74, 6) is -2.69. The molecule has 0 aliphatic heterocycles. The first kappa shape index (κ1) is 14.5. The summed E-state index contributed by atoms with van der Waals surface area (Å²) in [6.07, 6.45) is 0. The van der Waals surface area contributed by atoms with Gasteiger partial charge in [0.25, 0.3) is 5.91 Å². The third-order valence-electron chi connectivity index (χ3n) is 2.75. The molecule has 0 spiro atoms. The molecule has 0 bridgehead atoms. The molecule has 2 aromatic carbocycles. The van der Waals surface area contributed by atoms with E-state index < -0.39 is 17.5 Å². The van der Waals surface area contributed by atoms with E-state index in [1.165, 1.54) is 0 Å². The molecule has 6 heteroatoms. The monoisotopic (exact) mass is 340 g/mol. The van der Waals surface area contributed by atoms with Crippen molar-refractivity contribution in [3.63, 3.8) is 0 Å². The van der Waals surface area contributed by atoms with Crippen LogP contribution in [0.1, 0.15) is 15.9 Å². The number of carbonyl (C=O) groups is 1. The fourth-order valence-electron chi connectivity index (χ4n) is 1.71. The van der Waals surface area contributed by atoms with Gasteiger partial charge in [-0.05, 0) is 17.7 Å². The maximum absolute atomic E-state index is 13.6. The van der Waals surface area contributed by atoms with Crippen molar-refractivity contribution in [1.29, 1.82) is 0 Å². The molecule has 2 aromatic rings. The highest BCUT2D eigenvalue weighted by Crippen LogP contribution is 2.22. The number of anilines is 1. The van der Waals surface area contributed by atoms with Gasteiger partial charge in [-0.15, -0.1) is 0 Å². The first-order valence-electron chi connectivity index (χ1n) is 5.75. The summed E-state index contributed by atoms with van der Waals surface area (Å²) < 4.78 is 27.8. The van der Waals surface area contributed by atoms with Crippen molar-refractivity contribution in [3.8, 4) is 0 Å². The Kier molecular flexibility index (Phi) is 4.34. The van der Waals surface area contributed by atoms with Crippen molar-refractivity contribution >= 4 is 27.5 Å². The summed E-state index contributed by atoms with van der Waals surface area (Å²) >= 11 is 3.37. The van der Waals surface area contributed by atoms with Crippen molar-refractivity contribution in [3.05, 3.63) is 63.6 Å². The van der Waals surface area contributed by atoms with Crippen molar-refractivity contribution in [1.82, 2.24) is 0 Å². The van der Waals surface area contributed by atoms with Gasteiger partial charge in [0.15, 0.2) is 0 Å². The van der Waals surface area contributed by atoms with Gasteiger partial charge in [0.2, 0.25) is 0 Å². The standard InChI is InChI=1S/C14H11BrF2N2O/c15-10-4-2-1-3-8(10)7-19-13-5-9(14(18)20)11(16)6-12(13)17/h1-6,19H,7H2,(H2,18,20). The van der Waals surface area contributed by atoms with Crippen LogP contribution in [0.4, 0.5) is 14.5 Å². The molecule has 0 aliphatic rings. The van der Waals surface area contributed by atoms with Crippen LogP contribution in [-0.4, -0.2) is 5.91 Å². The fraction of sp³-hybridized carbons (Fsp3) is 0.0714. The lowest BCUT2D eigenvalue weighted by atomic mass is 10.1. The molecule has 0 aliphatic carbocycles. The number of carbonyl (C=O) groups excluding carboxylic acids is 1. The predicted octanol–water partition coefficient (Wildman–Crippen LogP) is 3.44. The third-order valence-corrected chi connectivity index (χ3v) is 3.52. The summed E-state index contributed by atoms with van der Waals surface area (Å²) in [7, 11) is 0. The normalized spacial score (nSPS) is 10.3. The zero-order chi connectivity index (χ0) is 14.7. The second-order valence-electron chi connectivity index (χ2n) is 4.12. The van der Waals surface area contributed by atoms with Crippen LogP contribution >= 0.6 is 15.9 Å². The van der Waals surface area contributed by atoms with Gasteiger partial charge in [-0.2, -0.15) is 0 Å². The van der Waals surface area contributed by atoms with Crippen molar-refractivity contribution < 1.29 is 13.6 Å². The molecule has 0 radical (unpaired) electrons. The number of amides is 1. The zero-order valence-electron chi connectivity index (χ0n) is 10.3. The van der Waals surface area contributed by atoms with Gasteiger partial charge >= 0.3 is 0 Å². The van der Waals surface area contributed by atoms with E-state index in [2.05, 4.69) is 21.2 Å². The number of hydrogen-bond acceptors (Lipinski definition) is 2. The highest BCUT2D eigenvalue weighted by atomic mass is 79.9. The quantitative estimate of drug-likeness (QED) is 0.895. The molecular weight excluding hydrogens is 330 g/mol. The van der Waals surface area contributed by atoms with Gasteiger partial charge in [-0.3, -0.25) is 4.79 Å². The molecule has 2 rings (SSSR count). The second-order valence-corrected chi connectivity index (χ2v) is 4.98. The van der Waals surface area contributed by atoms with E-state index in [0.29, 0.717) is 12.6 Å². The molecule has 104 valence electrons. The molecule has 1 amide bonds. The van der Waals surface area contributed by atoms with E-state index in [1.807, 2.05) is 24.3 Å². The van der Waals surface area contributed by atoms with Gasteiger partial charge in [0.1, 0.15) is 11.6 Å². The highest BCUT2D eigenvalue weighted by molar-refractivity contribution is 9.10. The van der Waals surface area contributed by atoms with E-state index in [4.69, 9.17) is 5.73 Å². The van der Waals surface area contributed by atoms with Crippen LogP contribution in [0, 0.1) is 11.6 Å². The first-order valence-corrected chi connectivity index (χ1v) is 6.54. The molecule has 0 saturated carbocycles. The molecule has 0 fully saturated rings. The molecule has 20 heavy (non-hydrogen) atoms. The van der Waals surface area contributed by atoms with Crippen LogP contribution < -0.4 is 11.1 Å². The number of nitrogens with two attached hydrogens (primary N) is 1. The van der Waals surface area contributed by atoms with Crippen LogP contribution in [0.5, 0.6) is 0 Å². The van der Waals surface area contributed by atoms with Crippen molar-refractivity contribution in [2.45, 2.75) is 6.54 Å². The summed E-state index contributed by atoms with van der Waals surface area (Å²) in [4.78, 5) is 11.0. The summed E-state index contributed by atoms with van der Waals surface area (Å²) in [6.45, 7) is 0.322. The Morgan fingerprint density at radius 2 is 1.90 bits per heavy atom. The molecule has 3 N–H and O–H groups in total. The molecule has 0 atom stereocenters. The van der Waals surface area contributed by atoms with Crippen molar-refractivity contribution in [2.24, 2.45) is 5.73 Å². The SMILES string of the molecule is NC(=O)c1cc(NCc2ccccc2Br)c(F)cc1F. The summed E-state index contributed by atoms with van der Waals surface area (Å²) in [5.41, 5.74) is 5.61. The van der Waals surface area contributed by atoms with E-state index >= 15 is 0 Å². The predicted molar refractivity (Wildman–Crippen MR) is 76.3 cm³/mol. The maximum atomic E-state index is 13.6. The Labute approximate surface area is 122 Å². The number of hydrogen-bond donors (Lipinski definition) is 2. The number of rotatable bonds is 4. The minimum absolute atomic E-state index is 0.0240. The van der Waals surface area contributed by atoms with Crippen LogP contribution in [-0.2, 0) is 6.54 Å². The van der Waals surface area contributed by atoms with Crippen LogP contribution in [0.25, 0.3) is 0 Å².